The van der Waals surface area contributed by atoms with Crippen LogP contribution in [0.4, 0.5) is 10.1 Å². The van der Waals surface area contributed by atoms with Gasteiger partial charge >= 0.3 is 0 Å². The number of anilines is 1. The molecule has 2 rings (SSSR count). The topological polar surface area (TPSA) is 35.6 Å². The summed E-state index contributed by atoms with van der Waals surface area (Å²) in [4.78, 5) is 14.2. The van der Waals surface area contributed by atoms with Gasteiger partial charge in [0.1, 0.15) is 5.82 Å². The van der Waals surface area contributed by atoms with Crippen LogP contribution in [-0.4, -0.2) is 56.5 Å². The van der Waals surface area contributed by atoms with Crippen LogP contribution in [0, 0.1) is 5.82 Å². The molecule has 114 valence electrons. The fourth-order valence-electron chi connectivity index (χ4n) is 1.54. The van der Waals surface area contributed by atoms with E-state index in [1.54, 1.807) is 24.1 Å². The molecule has 4 nitrogen and oxygen atoms in total. The van der Waals surface area contributed by atoms with Gasteiger partial charge < -0.3 is 15.1 Å². The summed E-state index contributed by atoms with van der Waals surface area (Å²) < 4.78 is 12.2. The number of hydrogen-bond acceptors (Lipinski definition) is 3. The lowest BCUT2D eigenvalue weighted by molar-refractivity contribution is -0.119. The first-order valence-corrected chi connectivity index (χ1v) is 6.97. The predicted octanol–water partition coefficient (Wildman–Crippen LogP) is 2.28. The third-order valence-electron chi connectivity index (χ3n) is 2.82. The van der Waals surface area contributed by atoms with E-state index in [1.807, 2.05) is 13.8 Å². The van der Waals surface area contributed by atoms with Crippen LogP contribution in [-0.2, 0) is 4.79 Å². The second-order valence-electron chi connectivity index (χ2n) is 4.20. The smallest absolute Gasteiger partial charge is 0.209 e. The van der Waals surface area contributed by atoms with Crippen molar-refractivity contribution in [3.63, 3.8) is 0 Å². The maximum absolute atomic E-state index is 12.2. The number of piperazine rings is 1. The fraction of sp³-hybridized carbons (Fsp3) is 0.533. The quantitative estimate of drug-likeness (QED) is 0.846. The first-order chi connectivity index (χ1) is 9.65. The number of hydrogen-bond donors (Lipinski definition) is 1. The second kappa shape index (κ2) is 11.2. The van der Waals surface area contributed by atoms with Gasteiger partial charge in [0, 0.05) is 38.9 Å². The molecule has 0 aliphatic carbocycles. The van der Waals surface area contributed by atoms with Crippen LogP contribution in [0.3, 0.4) is 0 Å². The van der Waals surface area contributed by atoms with Crippen LogP contribution >= 0.6 is 0 Å². The molecule has 0 radical (unpaired) electrons. The lowest BCUT2D eigenvalue weighted by Gasteiger charge is -2.29. The molecular weight excluding hydrogens is 257 g/mol. The molecule has 1 saturated heterocycles. The summed E-state index contributed by atoms with van der Waals surface area (Å²) in [6.07, 6.45) is 0.924. The molecule has 5 heteroatoms. The van der Waals surface area contributed by atoms with Crippen LogP contribution in [0.2, 0.25) is 0 Å². The number of nitrogens with zero attached hydrogens (tertiary/aromatic N) is 2. The van der Waals surface area contributed by atoms with Crippen molar-refractivity contribution >= 4 is 12.1 Å². The molecule has 1 aliphatic heterocycles. The Balaban J connectivity index is 0.000000321. The Kier molecular flexibility index (Phi) is 10.3. The molecule has 1 amide bonds. The van der Waals surface area contributed by atoms with Crippen molar-refractivity contribution < 1.29 is 9.18 Å². The number of likely N-dealkylation sites (N-methyl/N-ethyl adjacent to an activating group) is 1. The molecule has 0 unspecified atom stereocenters. The number of amides is 1. The molecular formula is C15H26FN3O. The van der Waals surface area contributed by atoms with E-state index in [0.29, 0.717) is 0 Å². The lowest BCUT2D eigenvalue weighted by atomic mass is 10.3. The number of benzene rings is 1. The van der Waals surface area contributed by atoms with Gasteiger partial charge in [0.05, 0.1) is 0 Å². The van der Waals surface area contributed by atoms with Gasteiger partial charge in [-0.2, -0.15) is 0 Å². The van der Waals surface area contributed by atoms with Gasteiger partial charge in [-0.05, 0) is 31.3 Å². The minimum absolute atomic E-state index is 0.200. The van der Waals surface area contributed by atoms with Crippen molar-refractivity contribution in [2.24, 2.45) is 0 Å². The summed E-state index contributed by atoms with van der Waals surface area (Å²) >= 11 is 0. The summed E-state index contributed by atoms with van der Waals surface area (Å²) in [6, 6.07) is 6.22. The third kappa shape index (κ3) is 7.74. The van der Waals surface area contributed by atoms with Crippen molar-refractivity contribution in [3.05, 3.63) is 30.1 Å². The van der Waals surface area contributed by atoms with E-state index >= 15 is 0 Å². The Bertz CT molecular complexity index is 349. The number of nitrogens with one attached hydrogen (secondary N) is 1. The highest BCUT2D eigenvalue weighted by Crippen LogP contribution is 2.05. The van der Waals surface area contributed by atoms with Crippen molar-refractivity contribution in [2.75, 3.05) is 45.6 Å². The standard InChI is InChI=1S/C7H8FN.C6H12N2O.C2H6/c1-9-7-4-2-6(8)3-5-7;1-7-2-4-8(6-9)5-3-7;1-2/h2-5,9H,1H3;6H,2-5H2,1H3;1-2H3. The molecule has 1 fully saturated rings. The van der Waals surface area contributed by atoms with Crippen LogP contribution in [0.5, 0.6) is 0 Å². The van der Waals surface area contributed by atoms with Gasteiger partial charge in [0.25, 0.3) is 0 Å². The Morgan fingerprint density at radius 2 is 1.60 bits per heavy atom. The van der Waals surface area contributed by atoms with Crippen LogP contribution in [0.15, 0.2) is 24.3 Å². The van der Waals surface area contributed by atoms with Gasteiger partial charge in [-0.25, -0.2) is 4.39 Å². The Labute approximate surface area is 121 Å². The molecule has 1 aromatic carbocycles. The normalized spacial score (nSPS) is 14.3. The molecule has 1 N–H and O–H groups in total. The van der Waals surface area contributed by atoms with E-state index in [1.165, 1.54) is 12.1 Å². The molecule has 20 heavy (non-hydrogen) atoms. The largest absolute Gasteiger partial charge is 0.388 e. The Morgan fingerprint density at radius 3 is 2.00 bits per heavy atom. The number of halogens is 1. The summed E-state index contributed by atoms with van der Waals surface area (Å²) in [5.74, 6) is -0.200. The average Bonchev–Trinajstić information content (AvgIpc) is 2.51. The summed E-state index contributed by atoms with van der Waals surface area (Å²) in [5, 5.41) is 2.89. The zero-order valence-corrected chi connectivity index (χ0v) is 12.9. The number of rotatable bonds is 2. The summed E-state index contributed by atoms with van der Waals surface area (Å²) in [5.41, 5.74) is 0.927. The van der Waals surface area contributed by atoms with Crippen molar-refractivity contribution in [1.29, 1.82) is 0 Å². The summed E-state index contributed by atoms with van der Waals surface area (Å²) in [6.45, 7) is 7.80. The molecule has 0 spiro atoms. The minimum atomic E-state index is -0.200. The van der Waals surface area contributed by atoms with E-state index in [-0.39, 0.29) is 5.82 Å². The molecule has 1 aromatic rings. The third-order valence-corrected chi connectivity index (χ3v) is 2.82. The molecule has 1 aliphatic rings. The minimum Gasteiger partial charge on any atom is -0.388 e. The van der Waals surface area contributed by atoms with Crippen molar-refractivity contribution in [1.82, 2.24) is 9.80 Å². The first-order valence-electron chi connectivity index (χ1n) is 6.97. The lowest BCUT2D eigenvalue weighted by Crippen LogP contribution is -2.43. The van der Waals surface area contributed by atoms with Crippen LogP contribution < -0.4 is 5.32 Å². The number of carbonyl (C=O) groups is 1. The van der Waals surface area contributed by atoms with E-state index in [0.717, 1.165) is 38.3 Å². The maximum Gasteiger partial charge on any atom is 0.209 e. The van der Waals surface area contributed by atoms with E-state index in [2.05, 4.69) is 17.3 Å². The molecule has 1 heterocycles. The van der Waals surface area contributed by atoms with E-state index in [4.69, 9.17) is 0 Å². The number of carbonyl (C=O) groups excluding carboxylic acids is 1. The van der Waals surface area contributed by atoms with Crippen LogP contribution in [0.1, 0.15) is 13.8 Å². The first kappa shape index (κ1) is 18.4. The highest BCUT2D eigenvalue weighted by Gasteiger charge is 2.10. The van der Waals surface area contributed by atoms with Crippen molar-refractivity contribution in [3.8, 4) is 0 Å². The second-order valence-corrected chi connectivity index (χ2v) is 4.20. The Hall–Kier alpha value is -1.62. The van der Waals surface area contributed by atoms with E-state index < -0.39 is 0 Å². The van der Waals surface area contributed by atoms with E-state index in [9.17, 15) is 9.18 Å². The SMILES string of the molecule is CC.CN1CCN(C=O)CC1.CNc1ccc(F)cc1. The zero-order chi connectivity index (χ0) is 15.4. The molecule has 0 bridgehead atoms. The highest BCUT2D eigenvalue weighted by molar-refractivity contribution is 5.47. The highest BCUT2D eigenvalue weighted by atomic mass is 19.1. The van der Waals surface area contributed by atoms with Gasteiger partial charge in [-0.15, -0.1) is 0 Å². The zero-order valence-electron chi connectivity index (χ0n) is 12.9. The fourth-order valence-corrected chi connectivity index (χ4v) is 1.54. The maximum atomic E-state index is 12.2. The molecule has 0 atom stereocenters. The summed E-state index contributed by atoms with van der Waals surface area (Å²) in [7, 11) is 3.87. The Morgan fingerprint density at radius 1 is 1.10 bits per heavy atom. The van der Waals surface area contributed by atoms with Gasteiger partial charge in [-0.1, -0.05) is 13.8 Å². The van der Waals surface area contributed by atoms with Crippen molar-refractivity contribution in [2.45, 2.75) is 13.8 Å². The molecule has 0 aromatic heterocycles. The van der Waals surface area contributed by atoms with Gasteiger partial charge in [-0.3, -0.25) is 4.79 Å². The predicted molar refractivity (Wildman–Crippen MR) is 82.4 cm³/mol. The average molecular weight is 283 g/mol. The van der Waals surface area contributed by atoms with Crippen LogP contribution in [0.25, 0.3) is 0 Å². The van der Waals surface area contributed by atoms with Gasteiger partial charge in [0.15, 0.2) is 0 Å². The molecule has 0 saturated carbocycles. The van der Waals surface area contributed by atoms with Gasteiger partial charge in [0.2, 0.25) is 6.41 Å². The monoisotopic (exact) mass is 283 g/mol.